The molecule has 0 aliphatic carbocycles. The second kappa shape index (κ2) is 4.91. The smallest absolute Gasteiger partial charge is 0.275 e. The molecular formula is C16H13N5O2. The maximum Gasteiger partial charge on any atom is 0.275 e. The van der Waals surface area contributed by atoms with Gasteiger partial charge < -0.3 is 9.09 Å². The molecule has 0 amide bonds. The third-order valence-corrected chi connectivity index (χ3v) is 3.78. The quantitative estimate of drug-likeness (QED) is 0.566. The van der Waals surface area contributed by atoms with Crippen LogP contribution in [0.5, 0.6) is 0 Å². The van der Waals surface area contributed by atoms with Crippen molar-refractivity contribution < 1.29 is 4.52 Å². The Labute approximate surface area is 130 Å². The molecule has 0 fully saturated rings. The molecule has 0 aliphatic rings. The molecule has 0 radical (unpaired) electrons. The highest BCUT2D eigenvalue weighted by molar-refractivity contribution is 5.91. The molecular weight excluding hydrogens is 294 g/mol. The van der Waals surface area contributed by atoms with E-state index in [1.54, 1.807) is 23.9 Å². The van der Waals surface area contributed by atoms with Gasteiger partial charge in [-0.15, -0.1) is 0 Å². The van der Waals surface area contributed by atoms with Gasteiger partial charge in [-0.05, 0) is 12.1 Å². The lowest BCUT2D eigenvalue weighted by Crippen LogP contribution is -2.16. The maximum absolute atomic E-state index is 11.7. The van der Waals surface area contributed by atoms with Crippen LogP contribution in [0, 0.1) is 0 Å². The van der Waals surface area contributed by atoms with Crippen LogP contribution in [0.3, 0.4) is 0 Å². The fourth-order valence-electron chi connectivity index (χ4n) is 2.61. The van der Waals surface area contributed by atoms with E-state index in [0.717, 1.165) is 16.6 Å². The van der Waals surface area contributed by atoms with Crippen LogP contribution in [0.4, 0.5) is 0 Å². The molecule has 3 heterocycles. The van der Waals surface area contributed by atoms with Crippen molar-refractivity contribution in [2.45, 2.75) is 0 Å². The summed E-state index contributed by atoms with van der Waals surface area (Å²) in [6, 6.07) is 12.7. The Morgan fingerprint density at radius 2 is 1.87 bits per heavy atom. The van der Waals surface area contributed by atoms with Crippen molar-refractivity contribution in [3.8, 4) is 23.1 Å². The summed E-state index contributed by atoms with van der Waals surface area (Å²) >= 11 is 0. The van der Waals surface area contributed by atoms with Gasteiger partial charge in [-0.1, -0.05) is 29.4 Å². The Balaban J connectivity index is 1.89. The van der Waals surface area contributed by atoms with Gasteiger partial charge in [0.2, 0.25) is 5.82 Å². The molecule has 4 aromatic rings. The molecule has 0 saturated heterocycles. The minimum atomic E-state index is -0.131. The SMILES string of the molecule is Cn1nc2ccccc2c1-c1noc(-c2cccc(=O)n2C)n1. The summed E-state index contributed by atoms with van der Waals surface area (Å²) < 4.78 is 8.55. The average molecular weight is 307 g/mol. The third-order valence-electron chi connectivity index (χ3n) is 3.78. The second-order valence-corrected chi connectivity index (χ2v) is 5.22. The number of nitrogens with zero attached hydrogens (tertiary/aromatic N) is 5. The van der Waals surface area contributed by atoms with Crippen molar-refractivity contribution in [3.05, 3.63) is 52.8 Å². The van der Waals surface area contributed by atoms with Crippen LogP contribution in [-0.4, -0.2) is 24.5 Å². The molecule has 23 heavy (non-hydrogen) atoms. The summed E-state index contributed by atoms with van der Waals surface area (Å²) in [5, 5.41) is 9.45. The molecule has 0 N–H and O–H groups in total. The summed E-state index contributed by atoms with van der Waals surface area (Å²) in [4.78, 5) is 16.2. The highest BCUT2D eigenvalue weighted by Gasteiger charge is 2.18. The normalized spacial score (nSPS) is 11.2. The van der Waals surface area contributed by atoms with Gasteiger partial charge in [0.15, 0.2) is 0 Å². The van der Waals surface area contributed by atoms with Crippen molar-refractivity contribution in [1.29, 1.82) is 0 Å². The van der Waals surface area contributed by atoms with E-state index in [2.05, 4.69) is 15.2 Å². The first kappa shape index (κ1) is 13.4. The summed E-state index contributed by atoms with van der Waals surface area (Å²) in [5.41, 5.74) is 2.08. The zero-order valence-electron chi connectivity index (χ0n) is 12.6. The molecule has 114 valence electrons. The molecule has 4 rings (SSSR count). The van der Waals surface area contributed by atoms with Crippen LogP contribution >= 0.6 is 0 Å². The molecule has 0 unspecified atom stereocenters. The average Bonchev–Trinajstić information content (AvgIpc) is 3.13. The number of aromatic nitrogens is 5. The van der Waals surface area contributed by atoms with E-state index in [1.807, 2.05) is 31.3 Å². The molecule has 0 spiro atoms. The third kappa shape index (κ3) is 2.05. The lowest BCUT2D eigenvalue weighted by molar-refractivity contribution is 0.428. The highest BCUT2D eigenvalue weighted by atomic mass is 16.5. The second-order valence-electron chi connectivity index (χ2n) is 5.22. The Morgan fingerprint density at radius 1 is 1.04 bits per heavy atom. The van der Waals surface area contributed by atoms with Gasteiger partial charge in [0.25, 0.3) is 11.4 Å². The van der Waals surface area contributed by atoms with E-state index in [-0.39, 0.29) is 5.56 Å². The van der Waals surface area contributed by atoms with Crippen LogP contribution in [-0.2, 0) is 14.1 Å². The summed E-state index contributed by atoms with van der Waals surface area (Å²) in [7, 11) is 3.50. The Kier molecular flexibility index (Phi) is 2.87. The van der Waals surface area contributed by atoms with E-state index in [4.69, 9.17) is 4.52 Å². The Hall–Kier alpha value is -3.22. The molecule has 0 saturated carbocycles. The predicted octanol–water partition coefficient (Wildman–Crippen LogP) is 1.99. The van der Waals surface area contributed by atoms with E-state index >= 15 is 0 Å². The molecule has 1 aromatic carbocycles. The van der Waals surface area contributed by atoms with Gasteiger partial charge in [0, 0.05) is 25.5 Å². The summed E-state index contributed by atoms with van der Waals surface area (Å²) in [6.07, 6.45) is 0. The molecule has 7 nitrogen and oxygen atoms in total. The molecule has 0 aliphatic heterocycles. The lowest BCUT2D eigenvalue weighted by Gasteiger charge is -2.01. The zero-order chi connectivity index (χ0) is 16.0. The van der Waals surface area contributed by atoms with Crippen molar-refractivity contribution in [1.82, 2.24) is 24.5 Å². The van der Waals surface area contributed by atoms with Crippen LogP contribution in [0.2, 0.25) is 0 Å². The minimum absolute atomic E-state index is 0.131. The van der Waals surface area contributed by atoms with E-state index < -0.39 is 0 Å². The molecule has 0 bridgehead atoms. The van der Waals surface area contributed by atoms with E-state index in [9.17, 15) is 4.79 Å². The van der Waals surface area contributed by atoms with Crippen molar-refractivity contribution in [2.75, 3.05) is 0 Å². The number of hydrogen-bond acceptors (Lipinski definition) is 5. The van der Waals surface area contributed by atoms with Crippen LogP contribution in [0.1, 0.15) is 0 Å². The highest BCUT2D eigenvalue weighted by Crippen LogP contribution is 2.27. The largest absolute Gasteiger partial charge is 0.332 e. The Bertz CT molecular complexity index is 1070. The molecule has 0 atom stereocenters. The van der Waals surface area contributed by atoms with Crippen LogP contribution in [0.25, 0.3) is 34.0 Å². The Morgan fingerprint density at radius 3 is 2.74 bits per heavy atom. The fourth-order valence-corrected chi connectivity index (χ4v) is 2.61. The first-order chi connectivity index (χ1) is 11.1. The first-order valence-corrected chi connectivity index (χ1v) is 7.07. The maximum atomic E-state index is 11.7. The number of fused-ring (bicyclic) bond motifs is 1. The van der Waals surface area contributed by atoms with Crippen molar-refractivity contribution >= 4 is 10.9 Å². The fraction of sp³-hybridized carbons (Fsp3) is 0.125. The van der Waals surface area contributed by atoms with Crippen molar-refractivity contribution in [2.24, 2.45) is 14.1 Å². The van der Waals surface area contributed by atoms with Gasteiger partial charge in [0.1, 0.15) is 11.4 Å². The van der Waals surface area contributed by atoms with Gasteiger partial charge in [-0.2, -0.15) is 10.1 Å². The monoisotopic (exact) mass is 307 g/mol. The van der Waals surface area contributed by atoms with E-state index in [1.165, 1.54) is 10.6 Å². The first-order valence-electron chi connectivity index (χ1n) is 7.07. The van der Waals surface area contributed by atoms with Gasteiger partial charge in [-0.25, -0.2) is 0 Å². The minimum Gasteiger partial charge on any atom is -0.332 e. The summed E-state index contributed by atoms with van der Waals surface area (Å²) in [6.45, 7) is 0. The summed E-state index contributed by atoms with van der Waals surface area (Å²) in [5.74, 6) is 0.734. The van der Waals surface area contributed by atoms with Crippen LogP contribution < -0.4 is 5.56 Å². The van der Waals surface area contributed by atoms with Gasteiger partial charge in [0.05, 0.1) is 5.52 Å². The number of rotatable bonds is 2. The predicted molar refractivity (Wildman–Crippen MR) is 84.7 cm³/mol. The van der Waals surface area contributed by atoms with Gasteiger partial charge in [-0.3, -0.25) is 9.48 Å². The van der Waals surface area contributed by atoms with Crippen molar-refractivity contribution in [3.63, 3.8) is 0 Å². The number of benzene rings is 1. The number of aryl methyl sites for hydroxylation is 1. The zero-order valence-corrected chi connectivity index (χ0v) is 12.6. The van der Waals surface area contributed by atoms with E-state index in [0.29, 0.717) is 17.4 Å². The standard InChI is InChI=1S/C16H13N5O2/c1-20-12(8-5-9-13(20)22)16-17-15(19-23-16)14-10-6-3-4-7-11(10)18-21(14)2/h3-9H,1-2H3. The number of hydrogen-bond donors (Lipinski definition) is 0. The lowest BCUT2D eigenvalue weighted by atomic mass is 10.2. The molecule has 3 aromatic heterocycles. The van der Waals surface area contributed by atoms with Gasteiger partial charge >= 0.3 is 0 Å². The topological polar surface area (TPSA) is 78.7 Å². The molecule has 7 heteroatoms. The number of pyridine rings is 1. The van der Waals surface area contributed by atoms with Crippen LogP contribution in [0.15, 0.2) is 51.8 Å².